The summed E-state index contributed by atoms with van der Waals surface area (Å²) < 4.78 is -0.550. The Morgan fingerprint density at radius 3 is 1.75 bits per heavy atom. The predicted octanol–water partition coefficient (Wildman–Crippen LogP) is 2.12. The molecule has 0 aromatic heterocycles. The third kappa shape index (κ3) is 2.00. The van der Waals surface area contributed by atoms with Crippen LogP contribution in [-0.4, -0.2) is 27.8 Å². The van der Waals surface area contributed by atoms with E-state index < -0.39 is 4.75 Å². The third-order valence-electron chi connectivity index (χ3n) is 1.44. The summed E-state index contributed by atoms with van der Waals surface area (Å²) in [6.45, 7) is 7.50. The standard InChI is InChI=1S/C6H9NO2S.C2H6/c1-6(2)4(8)7(3)5(9)10-6;1-2/h1-3H3;1-2H3. The average Bonchev–Trinajstić information content (AvgIpc) is 2.19. The first-order chi connectivity index (χ1) is 5.45. The fourth-order valence-corrected chi connectivity index (χ4v) is 1.70. The van der Waals surface area contributed by atoms with Gasteiger partial charge in [-0.05, 0) is 25.6 Å². The molecule has 0 spiro atoms. The van der Waals surface area contributed by atoms with E-state index >= 15 is 0 Å². The van der Waals surface area contributed by atoms with Crippen LogP contribution in [0.4, 0.5) is 4.79 Å². The van der Waals surface area contributed by atoms with Crippen molar-refractivity contribution in [2.24, 2.45) is 0 Å². The normalized spacial score (nSPS) is 20.6. The molecule has 12 heavy (non-hydrogen) atoms. The first kappa shape index (κ1) is 11.5. The van der Waals surface area contributed by atoms with Crippen LogP contribution in [-0.2, 0) is 4.79 Å². The van der Waals surface area contributed by atoms with Crippen LogP contribution in [0.2, 0.25) is 0 Å². The third-order valence-corrected chi connectivity index (χ3v) is 2.57. The summed E-state index contributed by atoms with van der Waals surface area (Å²) in [5.41, 5.74) is 0. The fraction of sp³-hybridized carbons (Fsp3) is 0.750. The monoisotopic (exact) mass is 189 g/mol. The Labute approximate surface area is 77.5 Å². The minimum Gasteiger partial charge on any atom is -0.275 e. The number of carbonyl (C=O) groups excluding carboxylic acids is 2. The highest BCUT2D eigenvalue weighted by Crippen LogP contribution is 2.35. The molecule has 0 N–H and O–H groups in total. The van der Waals surface area contributed by atoms with Crippen LogP contribution >= 0.6 is 11.8 Å². The second kappa shape index (κ2) is 3.94. The SMILES string of the molecule is CC.CN1C(=O)SC(C)(C)C1=O. The molecule has 4 heteroatoms. The van der Waals surface area contributed by atoms with Gasteiger partial charge in [-0.2, -0.15) is 0 Å². The zero-order valence-electron chi connectivity index (χ0n) is 8.17. The summed E-state index contributed by atoms with van der Waals surface area (Å²) in [7, 11) is 1.51. The van der Waals surface area contributed by atoms with Crippen LogP contribution in [0, 0.1) is 0 Å². The van der Waals surface area contributed by atoms with Crippen LogP contribution in [0.3, 0.4) is 0 Å². The lowest BCUT2D eigenvalue weighted by Crippen LogP contribution is -2.32. The number of hydrogen-bond donors (Lipinski definition) is 0. The highest BCUT2D eigenvalue weighted by molar-refractivity contribution is 8.16. The zero-order valence-corrected chi connectivity index (χ0v) is 8.99. The van der Waals surface area contributed by atoms with E-state index in [0.29, 0.717) is 0 Å². The first-order valence-corrected chi connectivity index (χ1v) is 4.78. The van der Waals surface area contributed by atoms with Gasteiger partial charge in [0.05, 0.1) is 4.75 Å². The second-order valence-electron chi connectivity index (χ2n) is 2.74. The van der Waals surface area contributed by atoms with Crippen molar-refractivity contribution in [2.45, 2.75) is 32.4 Å². The van der Waals surface area contributed by atoms with Crippen molar-refractivity contribution in [1.82, 2.24) is 4.90 Å². The Morgan fingerprint density at radius 2 is 1.67 bits per heavy atom. The summed E-state index contributed by atoms with van der Waals surface area (Å²) >= 11 is 1.08. The lowest BCUT2D eigenvalue weighted by atomic mass is 10.2. The Hall–Kier alpha value is -0.510. The fourth-order valence-electron chi connectivity index (χ4n) is 0.817. The molecule has 70 valence electrons. The van der Waals surface area contributed by atoms with E-state index in [1.807, 2.05) is 13.8 Å². The largest absolute Gasteiger partial charge is 0.289 e. The number of carbonyl (C=O) groups is 2. The summed E-state index contributed by atoms with van der Waals surface area (Å²) in [6.07, 6.45) is 0. The van der Waals surface area contributed by atoms with Gasteiger partial charge >= 0.3 is 0 Å². The van der Waals surface area contributed by atoms with E-state index in [1.54, 1.807) is 13.8 Å². The molecule has 0 bridgehead atoms. The van der Waals surface area contributed by atoms with Gasteiger partial charge < -0.3 is 0 Å². The van der Waals surface area contributed by atoms with Crippen LogP contribution < -0.4 is 0 Å². The Bertz CT molecular complexity index is 201. The minimum absolute atomic E-state index is 0.109. The first-order valence-electron chi connectivity index (χ1n) is 3.96. The Morgan fingerprint density at radius 1 is 1.25 bits per heavy atom. The lowest BCUT2D eigenvalue weighted by Gasteiger charge is -2.11. The molecular weight excluding hydrogens is 174 g/mol. The molecule has 1 heterocycles. The quantitative estimate of drug-likeness (QED) is 0.585. The van der Waals surface area contributed by atoms with Gasteiger partial charge in [0, 0.05) is 7.05 Å². The molecule has 1 saturated heterocycles. The van der Waals surface area contributed by atoms with Crippen LogP contribution in [0.15, 0.2) is 0 Å². The molecule has 0 radical (unpaired) electrons. The Balaban J connectivity index is 0.000000561. The maximum absolute atomic E-state index is 11.1. The number of thioether (sulfide) groups is 1. The second-order valence-corrected chi connectivity index (χ2v) is 4.32. The van der Waals surface area contributed by atoms with Crippen LogP contribution in [0.1, 0.15) is 27.7 Å². The van der Waals surface area contributed by atoms with Gasteiger partial charge in [0.2, 0.25) is 5.91 Å². The van der Waals surface area contributed by atoms with Crippen LogP contribution in [0.5, 0.6) is 0 Å². The molecule has 0 saturated carbocycles. The molecule has 1 rings (SSSR count). The summed E-state index contributed by atoms with van der Waals surface area (Å²) in [6, 6.07) is 0. The molecule has 0 aromatic rings. The maximum atomic E-state index is 11.1. The number of hydrogen-bond acceptors (Lipinski definition) is 3. The molecule has 2 amide bonds. The molecule has 0 unspecified atom stereocenters. The summed E-state index contributed by atoms with van der Waals surface area (Å²) in [5.74, 6) is -0.109. The van der Waals surface area contributed by atoms with Crippen LogP contribution in [0.25, 0.3) is 0 Å². The van der Waals surface area contributed by atoms with Crippen molar-refractivity contribution < 1.29 is 9.59 Å². The average molecular weight is 189 g/mol. The molecule has 3 nitrogen and oxygen atoms in total. The Kier molecular flexibility index (Phi) is 3.77. The van der Waals surface area contributed by atoms with Crippen molar-refractivity contribution in [1.29, 1.82) is 0 Å². The maximum Gasteiger partial charge on any atom is 0.289 e. The number of nitrogens with zero attached hydrogens (tertiary/aromatic N) is 1. The van der Waals surface area contributed by atoms with E-state index in [0.717, 1.165) is 16.7 Å². The van der Waals surface area contributed by atoms with Gasteiger partial charge in [0.1, 0.15) is 0 Å². The minimum atomic E-state index is -0.550. The highest BCUT2D eigenvalue weighted by atomic mass is 32.2. The van der Waals surface area contributed by atoms with Crippen molar-refractivity contribution in [3.8, 4) is 0 Å². The number of rotatable bonds is 0. The van der Waals surface area contributed by atoms with Gasteiger partial charge in [-0.25, -0.2) is 0 Å². The van der Waals surface area contributed by atoms with Crippen molar-refractivity contribution >= 4 is 22.9 Å². The van der Waals surface area contributed by atoms with E-state index in [-0.39, 0.29) is 11.1 Å². The van der Waals surface area contributed by atoms with Gasteiger partial charge in [-0.15, -0.1) is 0 Å². The molecule has 0 atom stereocenters. The van der Waals surface area contributed by atoms with Gasteiger partial charge in [-0.3, -0.25) is 14.5 Å². The van der Waals surface area contributed by atoms with Gasteiger partial charge in [-0.1, -0.05) is 13.8 Å². The zero-order chi connectivity index (χ0) is 9.94. The van der Waals surface area contributed by atoms with E-state index in [4.69, 9.17) is 0 Å². The van der Waals surface area contributed by atoms with E-state index in [9.17, 15) is 9.59 Å². The molecular formula is C8H15NO2S. The van der Waals surface area contributed by atoms with Crippen molar-refractivity contribution in [2.75, 3.05) is 7.05 Å². The van der Waals surface area contributed by atoms with Gasteiger partial charge in [0.15, 0.2) is 0 Å². The van der Waals surface area contributed by atoms with Gasteiger partial charge in [0.25, 0.3) is 5.24 Å². The topological polar surface area (TPSA) is 37.4 Å². The van der Waals surface area contributed by atoms with Crippen molar-refractivity contribution in [3.05, 3.63) is 0 Å². The number of imide groups is 1. The molecule has 1 aliphatic rings. The van der Waals surface area contributed by atoms with E-state index in [2.05, 4.69) is 0 Å². The smallest absolute Gasteiger partial charge is 0.275 e. The number of amides is 2. The van der Waals surface area contributed by atoms with Crippen molar-refractivity contribution in [3.63, 3.8) is 0 Å². The summed E-state index contributed by atoms with van der Waals surface area (Å²) in [4.78, 5) is 23.1. The lowest BCUT2D eigenvalue weighted by molar-refractivity contribution is -0.127. The molecule has 1 fully saturated rings. The molecule has 0 aliphatic carbocycles. The highest BCUT2D eigenvalue weighted by Gasteiger charge is 2.43. The predicted molar refractivity (Wildman–Crippen MR) is 51.2 cm³/mol. The summed E-state index contributed by atoms with van der Waals surface area (Å²) in [5, 5.41) is -0.157. The molecule has 0 aromatic carbocycles. The van der Waals surface area contributed by atoms with E-state index in [1.165, 1.54) is 7.05 Å². The molecule has 1 aliphatic heterocycles.